The molecular formula is C27H26ClNO4. The van der Waals surface area contributed by atoms with E-state index in [0.717, 1.165) is 23.3 Å². The van der Waals surface area contributed by atoms with Crippen LogP contribution in [0.2, 0.25) is 5.02 Å². The lowest BCUT2D eigenvalue weighted by Crippen LogP contribution is -2.37. The van der Waals surface area contributed by atoms with E-state index in [1.54, 1.807) is 12.1 Å². The Morgan fingerprint density at radius 1 is 1.03 bits per heavy atom. The van der Waals surface area contributed by atoms with Gasteiger partial charge in [0.05, 0.1) is 0 Å². The predicted octanol–water partition coefficient (Wildman–Crippen LogP) is 5.05. The third kappa shape index (κ3) is 5.74. The number of ether oxygens (including phenoxy) is 1. The van der Waals surface area contributed by atoms with Crippen molar-refractivity contribution in [3.05, 3.63) is 100 Å². The number of carboxylic acids is 1. The van der Waals surface area contributed by atoms with Gasteiger partial charge in [0, 0.05) is 30.0 Å². The maximum absolute atomic E-state index is 13.2. The van der Waals surface area contributed by atoms with Gasteiger partial charge in [0.15, 0.2) is 0 Å². The van der Waals surface area contributed by atoms with E-state index in [-0.39, 0.29) is 19.0 Å². The molecule has 0 unspecified atom stereocenters. The van der Waals surface area contributed by atoms with E-state index in [9.17, 15) is 14.7 Å². The molecule has 0 spiro atoms. The number of rotatable bonds is 8. The molecule has 33 heavy (non-hydrogen) atoms. The number of hydrogen-bond donors (Lipinski definition) is 1. The lowest BCUT2D eigenvalue weighted by atomic mass is 9.91. The van der Waals surface area contributed by atoms with Gasteiger partial charge < -0.3 is 14.7 Å². The largest absolute Gasteiger partial charge is 0.487 e. The summed E-state index contributed by atoms with van der Waals surface area (Å²) in [6.45, 7) is 1.99. The van der Waals surface area contributed by atoms with Crippen molar-refractivity contribution in [1.29, 1.82) is 0 Å². The van der Waals surface area contributed by atoms with Crippen LogP contribution in [0, 0.1) is 0 Å². The molecule has 0 radical (unpaired) electrons. The summed E-state index contributed by atoms with van der Waals surface area (Å²) in [4.78, 5) is 26.0. The first-order chi connectivity index (χ1) is 15.8. The lowest BCUT2D eigenvalue weighted by molar-refractivity contribution is -0.137. The highest BCUT2D eigenvalue weighted by Crippen LogP contribution is 2.37. The normalized spacial score (nSPS) is 16.7. The minimum atomic E-state index is -1.05. The third-order valence-electron chi connectivity index (χ3n) is 5.82. The standard InChI is InChI=1S/C27H26ClNO4/c1-27(16-20-6-3-2-4-7-20)17-22-15-21(10-11-24(22)33-27)26(32)29(18-25(30)31)13-12-19-8-5-9-23(28)14-19/h2-11,14-15H,12-13,16-18H2,1H3,(H,30,31)/t27-/m0/s1. The molecule has 6 heteroatoms. The van der Waals surface area contributed by atoms with Crippen LogP contribution in [0.5, 0.6) is 5.75 Å². The molecule has 1 heterocycles. The van der Waals surface area contributed by atoms with Gasteiger partial charge in [-0.3, -0.25) is 9.59 Å². The Bertz CT molecular complexity index is 1160. The maximum Gasteiger partial charge on any atom is 0.323 e. The van der Waals surface area contributed by atoms with Gasteiger partial charge in [-0.15, -0.1) is 0 Å². The van der Waals surface area contributed by atoms with Crippen molar-refractivity contribution in [2.75, 3.05) is 13.1 Å². The van der Waals surface area contributed by atoms with E-state index < -0.39 is 11.6 Å². The van der Waals surface area contributed by atoms with Crippen LogP contribution in [0.1, 0.15) is 34.0 Å². The summed E-state index contributed by atoms with van der Waals surface area (Å²) in [5, 5.41) is 9.96. The molecule has 4 rings (SSSR count). The molecule has 1 amide bonds. The number of carbonyl (C=O) groups excluding carboxylic acids is 1. The summed E-state index contributed by atoms with van der Waals surface area (Å²) in [6.07, 6.45) is 1.96. The second-order valence-electron chi connectivity index (χ2n) is 8.71. The van der Waals surface area contributed by atoms with Gasteiger partial charge in [-0.2, -0.15) is 0 Å². The zero-order valence-corrected chi connectivity index (χ0v) is 19.2. The van der Waals surface area contributed by atoms with Crippen molar-refractivity contribution in [3.8, 4) is 5.75 Å². The number of fused-ring (bicyclic) bond motifs is 1. The fraction of sp³-hybridized carbons (Fsp3) is 0.259. The second kappa shape index (κ2) is 9.67. The van der Waals surface area contributed by atoms with Gasteiger partial charge in [-0.25, -0.2) is 0 Å². The number of carbonyl (C=O) groups is 2. The molecule has 3 aromatic rings. The second-order valence-corrected chi connectivity index (χ2v) is 9.15. The molecule has 0 saturated carbocycles. The number of aliphatic carboxylic acids is 1. The number of halogens is 1. The van der Waals surface area contributed by atoms with Gasteiger partial charge in [0.25, 0.3) is 5.91 Å². The van der Waals surface area contributed by atoms with Crippen molar-refractivity contribution in [3.63, 3.8) is 0 Å². The summed E-state index contributed by atoms with van der Waals surface area (Å²) in [5.41, 5.74) is 3.18. The fourth-order valence-electron chi connectivity index (χ4n) is 4.34. The van der Waals surface area contributed by atoms with E-state index in [2.05, 4.69) is 19.1 Å². The quantitative estimate of drug-likeness (QED) is 0.508. The van der Waals surface area contributed by atoms with Gasteiger partial charge in [0.1, 0.15) is 17.9 Å². The van der Waals surface area contributed by atoms with Gasteiger partial charge in [-0.1, -0.05) is 54.1 Å². The minimum Gasteiger partial charge on any atom is -0.487 e. The highest BCUT2D eigenvalue weighted by molar-refractivity contribution is 6.30. The van der Waals surface area contributed by atoms with Crippen LogP contribution in [-0.2, 0) is 24.1 Å². The van der Waals surface area contributed by atoms with Crippen molar-refractivity contribution in [2.24, 2.45) is 0 Å². The fourth-order valence-corrected chi connectivity index (χ4v) is 4.55. The van der Waals surface area contributed by atoms with Crippen LogP contribution in [0.25, 0.3) is 0 Å². The highest BCUT2D eigenvalue weighted by atomic mass is 35.5. The maximum atomic E-state index is 13.2. The van der Waals surface area contributed by atoms with Gasteiger partial charge in [0.2, 0.25) is 0 Å². The third-order valence-corrected chi connectivity index (χ3v) is 6.06. The van der Waals surface area contributed by atoms with Crippen LogP contribution in [0.3, 0.4) is 0 Å². The first-order valence-electron chi connectivity index (χ1n) is 10.9. The number of carboxylic acid groups (broad SMARTS) is 1. The molecule has 0 aliphatic carbocycles. The zero-order chi connectivity index (χ0) is 23.4. The Hall–Kier alpha value is -3.31. The Morgan fingerprint density at radius 2 is 1.79 bits per heavy atom. The summed E-state index contributed by atoms with van der Waals surface area (Å²) < 4.78 is 6.24. The Labute approximate surface area is 198 Å². The van der Waals surface area contributed by atoms with Crippen molar-refractivity contribution in [2.45, 2.75) is 31.8 Å². The Morgan fingerprint density at radius 3 is 2.52 bits per heavy atom. The first kappa shape index (κ1) is 22.9. The zero-order valence-electron chi connectivity index (χ0n) is 18.5. The lowest BCUT2D eigenvalue weighted by Gasteiger charge is -2.24. The van der Waals surface area contributed by atoms with Crippen molar-refractivity contribution in [1.82, 2.24) is 4.90 Å². The molecule has 0 aromatic heterocycles. The highest BCUT2D eigenvalue weighted by Gasteiger charge is 2.35. The topological polar surface area (TPSA) is 66.8 Å². The van der Waals surface area contributed by atoms with Crippen molar-refractivity contribution < 1.29 is 19.4 Å². The number of amides is 1. The SMILES string of the molecule is C[C@]1(Cc2ccccc2)Cc2cc(C(=O)N(CCc3cccc(Cl)c3)CC(=O)O)ccc2O1. The molecule has 5 nitrogen and oxygen atoms in total. The van der Waals surface area contributed by atoms with E-state index in [0.29, 0.717) is 23.4 Å². The first-order valence-corrected chi connectivity index (χ1v) is 11.3. The average molecular weight is 464 g/mol. The molecule has 0 saturated heterocycles. The molecule has 0 bridgehead atoms. The summed E-state index contributed by atoms with van der Waals surface area (Å²) in [5.74, 6) is -0.582. The van der Waals surface area contributed by atoms with E-state index >= 15 is 0 Å². The summed E-state index contributed by atoms with van der Waals surface area (Å²) in [6, 6.07) is 22.9. The van der Waals surface area contributed by atoms with E-state index in [1.165, 1.54) is 10.5 Å². The number of nitrogens with zero attached hydrogens (tertiary/aromatic N) is 1. The van der Waals surface area contributed by atoms with Gasteiger partial charge >= 0.3 is 5.97 Å². The molecular weight excluding hydrogens is 438 g/mol. The van der Waals surface area contributed by atoms with E-state index in [4.69, 9.17) is 16.3 Å². The Balaban J connectivity index is 1.48. The Kier molecular flexibility index (Phi) is 6.70. The smallest absolute Gasteiger partial charge is 0.323 e. The van der Waals surface area contributed by atoms with Gasteiger partial charge in [-0.05, 0) is 60.4 Å². The van der Waals surface area contributed by atoms with Crippen LogP contribution in [-0.4, -0.2) is 40.6 Å². The number of benzene rings is 3. The van der Waals surface area contributed by atoms with Crippen LogP contribution >= 0.6 is 11.6 Å². The van der Waals surface area contributed by atoms with Crippen LogP contribution in [0.4, 0.5) is 0 Å². The molecule has 1 N–H and O–H groups in total. The molecule has 1 aliphatic rings. The summed E-state index contributed by atoms with van der Waals surface area (Å²) in [7, 11) is 0. The molecule has 170 valence electrons. The molecule has 0 fully saturated rings. The minimum absolute atomic E-state index is 0.283. The molecule has 3 aromatic carbocycles. The van der Waals surface area contributed by atoms with E-state index in [1.807, 2.05) is 48.5 Å². The average Bonchev–Trinajstić information content (AvgIpc) is 3.11. The van der Waals surface area contributed by atoms with Crippen LogP contribution < -0.4 is 4.74 Å². The monoisotopic (exact) mass is 463 g/mol. The molecule has 1 aliphatic heterocycles. The summed E-state index contributed by atoms with van der Waals surface area (Å²) >= 11 is 6.04. The van der Waals surface area contributed by atoms with Crippen LogP contribution in [0.15, 0.2) is 72.8 Å². The van der Waals surface area contributed by atoms with Crippen molar-refractivity contribution >= 4 is 23.5 Å². The predicted molar refractivity (Wildman–Crippen MR) is 128 cm³/mol. The number of hydrogen-bond acceptors (Lipinski definition) is 3. The molecule has 1 atom stereocenters.